The predicted octanol–water partition coefficient (Wildman–Crippen LogP) is 2.30. The number of halogens is 1. The second kappa shape index (κ2) is 5.12. The summed E-state index contributed by atoms with van der Waals surface area (Å²) in [5.74, 6) is 0.323. The van der Waals surface area contributed by atoms with Gasteiger partial charge in [0.05, 0.1) is 6.54 Å². The molecule has 1 aromatic rings. The Kier molecular flexibility index (Phi) is 3.55. The first-order chi connectivity index (χ1) is 8.61. The highest BCUT2D eigenvalue weighted by atomic mass is 19.1. The maximum Gasteiger partial charge on any atom is 0.166 e. The smallest absolute Gasteiger partial charge is 0.166 e. The molecule has 1 heterocycles. The molecule has 96 valence electrons. The zero-order valence-corrected chi connectivity index (χ0v) is 9.84. The molecule has 0 bridgehead atoms. The standard InChI is InChI=1S/C11H13FN4O2/c1-6(13)9-2-7(12)3-10-11(9)17-5-8(18-10)4-15-16-14/h2-3,6,8H,4-5,13H2,1H3/t6?,8-/m0/s1. The molecule has 0 saturated carbocycles. The number of benzene rings is 1. The van der Waals surface area contributed by atoms with Crippen molar-refractivity contribution in [3.63, 3.8) is 0 Å². The molecular weight excluding hydrogens is 239 g/mol. The fourth-order valence-electron chi connectivity index (χ4n) is 1.78. The molecule has 6 nitrogen and oxygen atoms in total. The SMILES string of the molecule is CC(N)c1cc(F)cc2c1OC[C@H](CN=[N+]=[N-])O2. The van der Waals surface area contributed by atoms with E-state index in [2.05, 4.69) is 10.0 Å². The van der Waals surface area contributed by atoms with E-state index in [4.69, 9.17) is 20.7 Å². The third-order valence-corrected chi connectivity index (χ3v) is 2.59. The summed E-state index contributed by atoms with van der Waals surface area (Å²) >= 11 is 0. The monoisotopic (exact) mass is 252 g/mol. The van der Waals surface area contributed by atoms with Crippen molar-refractivity contribution in [3.05, 3.63) is 34.0 Å². The van der Waals surface area contributed by atoms with Crippen LogP contribution in [0.3, 0.4) is 0 Å². The number of hydrogen-bond acceptors (Lipinski definition) is 4. The minimum atomic E-state index is -0.436. The highest BCUT2D eigenvalue weighted by molar-refractivity contribution is 5.49. The van der Waals surface area contributed by atoms with Crippen LogP contribution in [0.5, 0.6) is 11.5 Å². The van der Waals surface area contributed by atoms with Crippen molar-refractivity contribution in [1.82, 2.24) is 0 Å². The Balaban J connectivity index is 2.29. The second-order valence-corrected chi connectivity index (χ2v) is 4.08. The van der Waals surface area contributed by atoms with Crippen LogP contribution < -0.4 is 15.2 Å². The number of nitrogens with zero attached hydrogens (tertiary/aromatic N) is 3. The third kappa shape index (κ3) is 2.47. The molecule has 2 N–H and O–H groups in total. The van der Waals surface area contributed by atoms with Gasteiger partial charge < -0.3 is 15.2 Å². The molecule has 0 aromatic heterocycles. The van der Waals surface area contributed by atoms with Crippen LogP contribution in [0.15, 0.2) is 17.2 Å². The molecule has 0 saturated heterocycles. The maximum atomic E-state index is 13.4. The van der Waals surface area contributed by atoms with E-state index in [0.717, 1.165) is 0 Å². The zero-order valence-electron chi connectivity index (χ0n) is 9.84. The van der Waals surface area contributed by atoms with Gasteiger partial charge in [-0.25, -0.2) is 4.39 Å². The number of ether oxygens (including phenoxy) is 2. The summed E-state index contributed by atoms with van der Waals surface area (Å²) in [6.45, 7) is 2.13. The molecule has 2 atom stereocenters. The Labute approximate surface area is 103 Å². The Morgan fingerprint density at radius 2 is 2.44 bits per heavy atom. The Hall–Kier alpha value is -1.98. The normalized spacial score (nSPS) is 18.9. The van der Waals surface area contributed by atoms with E-state index in [1.807, 2.05) is 0 Å². The van der Waals surface area contributed by atoms with Crippen LogP contribution in [0.2, 0.25) is 0 Å². The molecule has 0 spiro atoms. The second-order valence-electron chi connectivity index (χ2n) is 4.08. The van der Waals surface area contributed by atoms with Gasteiger partial charge in [0.25, 0.3) is 0 Å². The fraction of sp³-hybridized carbons (Fsp3) is 0.455. The van der Waals surface area contributed by atoms with Crippen molar-refractivity contribution in [2.75, 3.05) is 13.2 Å². The van der Waals surface area contributed by atoms with E-state index < -0.39 is 11.9 Å². The van der Waals surface area contributed by atoms with Gasteiger partial charge in [-0.05, 0) is 18.5 Å². The Morgan fingerprint density at radius 3 is 3.11 bits per heavy atom. The van der Waals surface area contributed by atoms with Crippen molar-refractivity contribution < 1.29 is 13.9 Å². The van der Waals surface area contributed by atoms with Gasteiger partial charge in [-0.1, -0.05) is 5.11 Å². The van der Waals surface area contributed by atoms with Crippen LogP contribution in [0, 0.1) is 5.82 Å². The molecule has 1 aromatic carbocycles. The van der Waals surface area contributed by atoms with Crippen LogP contribution in [0.25, 0.3) is 10.4 Å². The number of fused-ring (bicyclic) bond motifs is 1. The van der Waals surface area contributed by atoms with E-state index in [1.165, 1.54) is 12.1 Å². The fourth-order valence-corrected chi connectivity index (χ4v) is 1.78. The summed E-state index contributed by atoms with van der Waals surface area (Å²) in [5, 5.41) is 3.41. The molecule has 0 amide bonds. The largest absolute Gasteiger partial charge is 0.485 e. The van der Waals surface area contributed by atoms with Crippen LogP contribution in [0.1, 0.15) is 18.5 Å². The topological polar surface area (TPSA) is 93.2 Å². The van der Waals surface area contributed by atoms with Gasteiger partial charge in [-0.3, -0.25) is 0 Å². The molecule has 1 aliphatic rings. The van der Waals surface area contributed by atoms with E-state index in [9.17, 15) is 4.39 Å². The number of azide groups is 1. The first kappa shape index (κ1) is 12.5. The highest BCUT2D eigenvalue weighted by Crippen LogP contribution is 2.38. The summed E-state index contributed by atoms with van der Waals surface area (Å²) in [4.78, 5) is 2.64. The minimum absolute atomic E-state index is 0.139. The van der Waals surface area contributed by atoms with Crippen molar-refractivity contribution in [3.8, 4) is 11.5 Å². The molecular formula is C11H13FN4O2. The van der Waals surface area contributed by atoms with Crippen molar-refractivity contribution in [2.24, 2.45) is 10.8 Å². The lowest BCUT2D eigenvalue weighted by molar-refractivity contribution is 0.0949. The van der Waals surface area contributed by atoms with Crippen molar-refractivity contribution in [2.45, 2.75) is 19.1 Å². The lowest BCUT2D eigenvalue weighted by atomic mass is 10.1. The summed E-state index contributed by atoms with van der Waals surface area (Å²) in [6, 6.07) is 2.22. The van der Waals surface area contributed by atoms with E-state index in [0.29, 0.717) is 17.1 Å². The molecule has 1 aliphatic heterocycles. The van der Waals surface area contributed by atoms with Crippen molar-refractivity contribution >= 4 is 0 Å². The molecule has 2 rings (SSSR count). The molecule has 0 radical (unpaired) electrons. The van der Waals surface area contributed by atoms with Gasteiger partial charge in [0, 0.05) is 22.6 Å². The molecule has 18 heavy (non-hydrogen) atoms. The first-order valence-corrected chi connectivity index (χ1v) is 5.51. The highest BCUT2D eigenvalue weighted by Gasteiger charge is 2.25. The molecule has 1 unspecified atom stereocenters. The molecule has 0 aliphatic carbocycles. The van der Waals surface area contributed by atoms with E-state index in [-0.39, 0.29) is 19.2 Å². The number of hydrogen-bond donors (Lipinski definition) is 1. The first-order valence-electron chi connectivity index (χ1n) is 5.51. The molecule has 0 fully saturated rings. The van der Waals surface area contributed by atoms with Crippen molar-refractivity contribution in [1.29, 1.82) is 0 Å². The van der Waals surface area contributed by atoms with Crippen LogP contribution in [-0.2, 0) is 0 Å². The third-order valence-electron chi connectivity index (χ3n) is 2.59. The van der Waals surface area contributed by atoms with Gasteiger partial charge in [0.1, 0.15) is 18.5 Å². The summed E-state index contributed by atoms with van der Waals surface area (Å²) < 4.78 is 24.5. The molecule has 7 heteroatoms. The Bertz CT molecular complexity index is 500. The zero-order chi connectivity index (χ0) is 13.1. The van der Waals surface area contributed by atoms with Gasteiger partial charge >= 0.3 is 0 Å². The van der Waals surface area contributed by atoms with Crippen LogP contribution in [0.4, 0.5) is 4.39 Å². The quantitative estimate of drug-likeness (QED) is 0.508. The lowest BCUT2D eigenvalue weighted by Gasteiger charge is -2.28. The predicted molar refractivity (Wildman–Crippen MR) is 62.9 cm³/mol. The maximum absolute atomic E-state index is 13.4. The van der Waals surface area contributed by atoms with E-state index >= 15 is 0 Å². The van der Waals surface area contributed by atoms with E-state index in [1.54, 1.807) is 6.92 Å². The van der Waals surface area contributed by atoms with Crippen LogP contribution >= 0.6 is 0 Å². The van der Waals surface area contributed by atoms with Gasteiger partial charge in [-0.15, -0.1) is 0 Å². The minimum Gasteiger partial charge on any atom is -0.485 e. The average Bonchev–Trinajstić information content (AvgIpc) is 2.34. The van der Waals surface area contributed by atoms with Gasteiger partial charge in [-0.2, -0.15) is 0 Å². The summed E-state index contributed by atoms with van der Waals surface area (Å²) in [5.41, 5.74) is 14.6. The summed E-state index contributed by atoms with van der Waals surface area (Å²) in [7, 11) is 0. The average molecular weight is 252 g/mol. The van der Waals surface area contributed by atoms with Crippen LogP contribution in [-0.4, -0.2) is 19.3 Å². The summed E-state index contributed by atoms with van der Waals surface area (Å²) in [6.07, 6.45) is -0.406. The number of nitrogens with two attached hydrogens (primary N) is 1. The van der Waals surface area contributed by atoms with Gasteiger partial charge in [0.2, 0.25) is 0 Å². The van der Waals surface area contributed by atoms with Gasteiger partial charge in [0.15, 0.2) is 11.5 Å². The Morgan fingerprint density at radius 1 is 1.67 bits per heavy atom. The number of rotatable bonds is 3. The lowest BCUT2D eigenvalue weighted by Crippen LogP contribution is -2.32.